The maximum absolute atomic E-state index is 12.9. The summed E-state index contributed by atoms with van der Waals surface area (Å²) in [7, 11) is 4.07. The van der Waals surface area contributed by atoms with Crippen LogP contribution in [-0.2, 0) is 9.59 Å². The van der Waals surface area contributed by atoms with E-state index < -0.39 is 0 Å². The van der Waals surface area contributed by atoms with Crippen molar-refractivity contribution in [3.05, 3.63) is 60.6 Å². The number of aryl methyl sites for hydroxylation is 1. The SMILES string of the molecule is C=CC(=O)N1CC(c2nc(NCC(=O)N3CC(N(C)C)C3)c3cc(-c4c(C)ccc5[nH]ncc45)ccc3n2)C1. The Morgan fingerprint density at radius 2 is 1.90 bits per heavy atom. The predicted octanol–water partition coefficient (Wildman–Crippen LogP) is 2.78. The number of likely N-dealkylation sites (N-methyl/N-ethyl adjacent to an activating group) is 1. The number of likely N-dealkylation sites (tertiary alicyclic amines) is 2. The Morgan fingerprint density at radius 1 is 1.10 bits per heavy atom. The van der Waals surface area contributed by atoms with Crippen LogP contribution in [-0.4, -0.2) is 99.5 Å². The van der Waals surface area contributed by atoms with Gasteiger partial charge < -0.3 is 20.0 Å². The Hall–Kier alpha value is -4.31. The summed E-state index contributed by atoms with van der Waals surface area (Å²) in [5.41, 5.74) is 5.03. The lowest BCUT2D eigenvalue weighted by Gasteiger charge is -2.42. The Balaban J connectivity index is 1.34. The Bertz CT molecular complexity index is 1600. The van der Waals surface area contributed by atoms with Gasteiger partial charge in [0.1, 0.15) is 11.6 Å². The number of hydrogen-bond donors (Lipinski definition) is 2. The van der Waals surface area contributed by atoms with Gasteiger partial charge in [-0.1, -0.05) is 18.7 Å². The maximum Gasteiger partial charge on any atom is 0.246 e. The first kappa shape index (κ1) is 25.0. The second-order valence-electron chi connectivity index (χ2n) is 10.7. The summed E-state index contributed by atoms with van der Waals surface area (Å²) in [6.07, 6.45) is 3.18. The van der Waals surface area contributed by atoms with Crippen LogP contribution in [0.3, 0.4) is 0 Å². The zero-order valence-electron chi connectivity index (χ0n) is 22.4. The fraction of sp³-hybridized carbons (Fsp3) is 0.345. The van der Waals surface area contributed by atoms with E-state index in [1.807, 2.05) is 37.3 Å². The molecule has 10 heteroatoms. The van der Waals surface area contributed by atoms with E-state index in [0.717, 1.165) is 51.6 Å². The summed E-state index contributed by atoms with van der Waals surface area (Å²) in [4.78, 5) is 40.4. The average Bonchev–Trinajstić information content (AvgIpc) is 3.33. The van der Waals surface area contributed by atoms with Gasteiger partial charge in [0.15, 0.2) is 0 Å². The molecule has 0 atom stereocenters. The first-order valence-electron chi connectivity index (χ1n) is 13.2. The lowest BCUT2D eigenvalue weighted by atomic mass is 9.95. The van der Waals surface area contributed by atoms with Crippen LogP contribution in [0, 0.1) is 6.92 Å². The summed E-state index contributed by atoms with van der Waals surface area (Å²) in [6.45, 7) is 8.38. The number of aromatic nitrogens is 4. The molecule has 0 bridgehead atoms. The highest BCUT2D eigenvalue weighted by molar-refractivity contribution is 6.00. The molecular weight excluding hydrogens is 492 g/mol. The van der Waals surface area contributed by atoms with Crippen LogP contribution in [0.1, 0.15) is 17.3 Å². The molecule has 39 heavy (non-hydrogen) atoms. The van der Waals surface area contributed by atoms with E-state index in [0.29, 0.717) is 30.8 Å². The summed E-state index contributed by atoms with van der Waals surface area (Å²) < 4.78 is 0. The average molecular weight is 525 g/mol. The number of amides is 2. The molecule has 2 aromatic carbocycles. The van der Waals surface area contributed by atoms with Crippen LogP contribution < -0.4 is 5.32 Å². The molecule has 0 unspecified atom stereocenters. The third-order valence-corrected chi connectivity index (χ3v) is 7.92. The minimum atomic E-state index is -0.0880. The largest absolute Gasteiger partial charge is 0.360 e. The van der Waals surface area contributed by atoms with Gasteiger partial charge in [-0.2, -0.15) is 5.10 Å². The van der Waals surface area contributed by atoms with E-state index in [9.17, 15) is 9.59 Å². The van der Waals surface area contributed by atoms with Crippen molar-refractivity contribution < 1.29 is 9.59 Å². The first-order chi connectivity index (χ1) is 18.8. The highest BCUT2D eigenvalue weighted by Gasteiger charge is 2.34. The van der Waals surface area contributed by atoms with Crippen LogP contribution >= 0.6 is 0 Å². The number of fused-ring (bicyclic) bond motifs is 2. The monoisotopic (exact) mass is 524 g/mol. The molecule has 2 amide bonds. The molecule has 4 heterocycles. The molecule has 2 N–H and O–H groups in total. The Kier molecular flexibility index (Phi) is 6.26. The van der Waals surface area contributed by atoms with Gasteiger partial charge in [0.2, 0.25) is 11.8 Å². The van der Waals surface area contributed by atoms with Crippen molar-refractivity contribution in [2.45, 2.75) is 18.9 Å². The molecule has 10 nitrogen and oxygen atoms in total. The van der Waals surface area contributed by atoms with Gasteiger partial charge in [0, 0.05) is 43.0 Å². The molecule has 0 saturated carbocycles. The van der Waals surface area contributed by atoms with Crippen LogP contribution in [0.5, 0.6) is 0 Å². The first-order valence-corrected chi connectivity index (χ1v) is 13.2. The number of carbonyl (C=O) groups is 2. The van der Waals surface area contributed by atoms with Gasteiger partial charge in [-0.3, -0.25) is 14.7 Å². The maximum atomic E-state index is 12.9. The van der Waals surface area contributed by atoms with Crippen molar-refractivity contribution in [2.75, 3.05) is 52.1 Å². The number of hydrogen-bond acceptors (Lipinski definition) is 7. The smallest absolute Gasteiger partial charge is 0.246 e. The molecule has 0 radical (unpaired) electrons. The van der Waals surface area contributed by atoms with E-state index >= 15 is 0 Å². The number of nitrogens with one attached hydrogen (secondary N) is 2. The van der Waals surface area contributed by atoms with Gasteiger partial charge in [-0.25, -0.2) is 9.97 Å². The lowest BCUT2D eigenvalue weighted by Crippen LogP contribution is -2.60. The molecule has 2 saturated heterocycles. The van der Waals surface area contributed by atoms with E-state index in [4.69, 9.17) is 9.97 Å². The van der Waals surface area contributed by atoms with Gasteiger partial charge in [-0.15, -0.1) is 0 Å². The van der Waals surface area contributed by atoms with Crippen molar-refractivity contribution in [1.29, 1.82) is 0 Å². The summed E-state index contributed by atoms with van der Waals surface area (Å²) >= 11 is 0. The lowest BCUT2D eigenvalue weighted by molar-refractivity contribution is -0.136. The summed E-state index contributed by atoms with van der Waals surface area (Å²) in [5.74, 6) is 1.29. The Labute approximate surface area is 226 Å². The minimum Gasteiger partial charge on any atom is -0.360 e. The third-order valence-electron chi connectivity index (χ3n) is 7.92. The van der Waals surface area contributed by atoms with Crippen molar-refractivity contribution in [3.8, 4) is 11.1 Å². The van der Waals surface area contributed by atoms with Gasteiger partial charge in [-0.05, 0) is 62.0 Å². The van der Waals surface area contributed by atoms with E-state index in [1.54, 1.807) is 4.90 Å². The van der Waals surface area contributed by atoms with Crippen molar-refractivity contribution in [2.24, 2.45) is 0 Å². The number of nitrogens with zero attached hydrogens (tertiary/aromatic N) is 6. The highest BCUT2D eigenvalue weighted by atomic mass is 16.2. The summed E-state index contributed by atoms with van der Waals surface area (Å²) in [6, 6.07) is 10.7. The van der Waals surface area contributed by atoms with Crippen LogP contribution in [0.25, 0.3) is 32.9 Å². The molecule has 2 aromatic heterocycles. The fourth-order valence-corrected chi connectivity index (χ4v) is 5.34. The minimum absolute atomic E-state index is 0.0346. The molecule has 2 aliphatic rings. The topological polar surface area (TPSA) is 110 Å². The van der Waals surface area contributed by atoms with Crippen LogP contribution in [0.2, 0.25) is 0 Å². The van der Waals surface area contributed by atoms with Crippen LogP contribution in [0.4, 0.5) is 5.82 Å². The van der Waals surface area contributed by atoms with E-state index in [2.05, 4.69) is 52.1 Å². The number of aromatic amines is 1. The van der Waals surface area contributed by atoms with Gasteiger partial charge in [0.05, 0.1) is 29.7 Å². The highest BCUT2D eigenvalue weighted by Crippen LogP contribution is 2.35. The normalized spacial score (nSPS) is 16.0. The molecule has 200 valence electrons. The fourth-order valence-electron chi connectivity index (χ4n) is 5.34. The Morgan fingerprint density at radius 3 is 2.64 bits per heavy atom. The molecule has 2 aliphatic heterocycles. The van der Waals surface area contributed by atoms with Gasteiger partial charge >= 0.3 is 0 Å². The molecule has 2 fully saturated rings. The van der Waals surface area contributed by atoms with Crippen molar-refractivity contribution >= 4 is 39.4 Å². The standard InChI is InChI=1S/C29H32N8O2/c1-5-25(38)36-13-19(14-36)28-32-23-9-7-18(27-17(2)6-8-24-22(27)11-31-34-24)10-21(23)29(33-28)30-12-26(39)37-15-20(16-37)35(3)4/h5-11,19-20H,1,12-16H2,2-4H3,(H,31,34)(H,30,32,33). The third kappa shape index (κ3) is 4.50. The zero-order chi connectivity index (χ0) is 27.3. The molecule has 0 aliphatic carbocycles. The molecule has 0 spiro atoms. The number of benzene rings is 2. The zero-order valence-corrected chi connectivity index (χ0v) is 22.4. The number of rotatable bonds is 7. The van der Waals surface area contributed by atoms with Crippen LogP contribution in [0.15, 0.2) is 49.2 Å². The number of carbonyl (C=O) groups excluding carboxylic acids is 2. The van der Waals surface area contributed by atoms with E-state index in [1.165, 1.54) is 6.08 Å². The second-order valence-corrected chi connectivity index (χ2v) is 10.7. The molecule has 6 rings (SSSR count). The van der Waals surface area contributed by atoms with E-state index in [-0.39, 0.29) is 24.3 Å². The van der Waals surface area contributed by atoms with Gasteiger partial charge in [0.25, 0.3) is 0 Å². The number of anilines is 1. The van der Waals surface area contributed by atoms with Crippen molar-refractivity contribution in [1.82, 2.24) is 34.9 Å². The predicted molar refractivity (Wildman–Crippen MR) is 151 cm³/mol. The second kappa shape index (κ2) is 9.77. The van der Waals surface area contributed by atoms with Crippen molar-refractivity contribution in [3.63, 3.8) is 0 Å². The molecular formula is C29H32N8O2. The summed E-state index contributed by atoms with van der Waals surface area (Å²) in [5, 5.41) is 12.5. The molecule has 4 aromatic rings. The quantitative estimate of drug-likeness (QED) is 0.358. The number of H-pyrrole nitrogens is 1.